The lowest BCUT2D eigenvalue weighted by Gasteiger charge is -2.20. The molecular formula is C31H26FN2O7S2-. The van der Waals surface area contributed by atoms with E-state index < -0.39 is 27.7 Å². The molecule has 1 aromatic heterocycles. The van der Waals surface area contributed by atoms with Gasteiger partial charge in [-0.2, -0.15) is 4.57 Å². The molecule has 222 valence electrons. The Kier molecular flexibility index (Phi) is 8.71. The van der Waals surface area contributed by atoms with Gasteiger partial charge in [0.1, 0.15) is 10.5 Å². The fourth-order valence-corrected chi connectivity index (χ4v) is 6.35. The summed E-state index contributed by atoms with van der Waals surface area (Å²) in [5.74, 6) is -1.85. The van der Waals surface area contributed by atoms with Gasteiger partial charge < -0.3 is 24.1 Å². The molecule has 0 saturated carbocycles. The van der Waals surface area contributed by atoms with Crippen LogP contribution in [0.1, 0.15) is 40.7 Å². The van der Waals surface area contributed by atoms with E-state index in [0.29, 0.717) is 40.2 Å². The summed E-state index contributed by atoms with van der Waals surface area (Å²) in [5, 5.41) is 11.7. The van der Waals surface area contributed by atoms with E-state index in [-0.39, 0.29) is 31.1 Å². The number of carboxylic acid groups (broad SMARTS) is 1. The molecule has 0 bridgehead atoms. The van der Waals surface area contributed by atoms with Crippen molar-refractivity contribution in [3.05, 3.63) is 106 Å². The van der Waals surface area contributed by atoms with Crippen LogP contribution < -0.4 is 19.3 Å². The molecule has 12 heteroatoms. The normalized spacial score (nSPS) is 14.3. The number of hydrogen-bond donors (Lipinski definition) is 0. The number of carboxylic acids is 1. The van der Waals surface area contributed by atoms with Gasteiger partial charge >= 0.3 is 0 Å². The number of carbonyl (C=O) groups is 2. The summed E-state index contributed by atoms with van der Waals surface area (Å²) >= 11 is 1.40. The monoisotopic (exact) mass is 621 g/mol. The van der Waals surface area contributed by atoms with E-state index in [2.05, 4.69) is 0 Å². The smallest absolute Gasteiger partial charge is 0.263 e. The van der Waals surface area contributed by atoms with Crippen molar-refractivity contribution >= 4 is 55.2 Å². The van der Waals surface area contributed by atoms with Crippen LogP contribution in [0, 0.1) is 5.82 Å². The number of thiazole rings is 1. The number of benzene rings is 3. The Morgan fingerprint density at radius 1 is 1.07 bits per heavy atom. The second-order valence-corrected chi connectivity index (χ2v) is 12.5. The number of aryl methyl sites for hydroxylation is 1. The number of allylic oxidation sites excluding steroid dienone is 2. The summed E-state index contributed by atoms with van der Waals surface area (Å²) in [6, 6.07) is 18.0. The third-order valence-electron chi connectivity index (χ3n) is 6.75. The number of aliphatic carboxylic acids is 1. The van der Waals surface area contributed by atoms with E-state index >= 15 is 0 Å². The highest BCUT2D eigenvalue weighted by Crippen LogP contribution is 2.40. The molecule has 2 heterocycles. The van der Waals surface area contributed by atoms with Gasteiger partial charge in [0.2, 0.25) is 11.4 Å². The summed E-state index contributed by atoms with van der Waals surface area (Å²) in [4.78, 5) is 25.6. The molecule has 0 saturated heterocycles. The Morgan fingerprint density at radius 3 is 2.56 bits per heavy atom. The molecule has 43 heavy (non-hydrogen) atoms. The van der Waals surface area contributed by atoms with Crippen molar-refractivity contribution < 1.29 is 41.4 Å². The zero-order valence-corrected chi connectivity index (χ0v) is 24.6. The van der Waals surface area contributed by atoms with E-state index in [9.17, 15) is 32.1 Å². The van der Waals surface area contributed by atoms with Crippen LogP contribution >= 0.6 is 11.3 Å². The first-order valence-electron chi connectivity index (χ1n) is 13.3. The predicted octanol–water partition coefficient (Wildman–Crippen LogP) is 3.78. The van der Waals surface area contributed by atoms with E-state index in [1.165, 1.54) is 28.4 Å². The van der Waals surface area contributed by atoms with Gasteiger partial charge in [0.05, 0.1) is 21.6 Å². The standard InChI is InChI=1S/C31H27FN2O7S2/c1-20(17-29-34(13-5-8-30(35)36)25-19-23(32)10-12-27(25)42-29)16-28-33(14-15-43(38,39)40)24-18-22(9-11-26(24)41-28)31(37)21-6-3-2-4-7-21/h2-4,6-7,9-12,16-19H,5,8,13-15H2,1H3,(H-,35,36,38,39,40)/p-1. The van der Waals surface area contributed by atoms with Gasteiger partial charge in [0.15, 0.2) is 18.1 Å². The number of halogens is 1. The number of ether oxygens (including phenoxy) is 1. The molecule has 0 amide bonds. The third-order valence-corrected chi connectivity index (χ3v) is 8.55. The lowest BCUT2D eigenvalue weighted by Crippen LogP contribution is -2.36. The highest BCUT2D eigenvalue weighted by Gasteiger charge is 2.28. The van der Waals surface area contributed by atoms with Crippen molar-refractivity contribution in [2.45, 2.75) is 26.3 Å². The first-order valence-corrected chi connectivity index (χ1v) is 15.7. The number of nitrogens with zero attached hydrogens (tertiary/aromatic N) is 2. The molecule has 3 aromatic carbocycles. The van der Waals surface area contributed by atoms with Crippen molar-refractivity contribution in [1.82, 2.24) is 0 Å². The highest BCUT2D eigenvalue weighted by atomic mass is 32.2. The molecule has 0 aliphatic carbocycles. The highest BCUT2D eigenvalue weighted by molar-refractivity contribution is 7.85. The summed E-state index contributed by atoms with van der Waals surface area (Å²) in [7, 11) is -4.56. The molecule has 4 aromatic rings. The Hall–Kier alpha value is -4.39. The summed E-state index contributed by atoms with van der Waals surface area (Å²) < 4.78 is 57.3. The zero-order valence-electron chi connectivity index (χ0n) is 23.0. The van der Waals surface area contributed by atoms with Gasteiger partial charge in [-0.05, 0) is 49.2 Å². The average molecular weight is 622 g/mol. The average Bonchev–Trinajstić information content (AvgIpc) is 3.47. The van der Waals surface area contributed by atoms with Crippen LogP contribution in [0.15, 0.2) is 84.3 Å². The molecule has 1 aliphatic rings. The van der Waals surface area contributed by atoms with Crippen molar-refractivity contribution in [2.24, 2.45) is 0 Å². The minimum atomic E-state index is -4.56. The maximum absolute atomic E-state index is 14.1. The molecule has 1 aliphatic heterocycles. The summed E-state index contributed by atoms with van der Waals surface area (Å²) in [6.45, 7) is 1.91. The molecule has 0 radical (unpaired) electrons. The lowest BCUT2D eigenvalue weighted by atomic mass is 10.0. The number of rotatable bonds is 11. The maximum Gasteiger partial charge on any atom is 0.263 e. The van der Waals surface area contributed by atoms with Gasteiger partial charge in [-0.25, -0.2) is 12.8 Å². The van der Waals surface area contributed by atoms with Gasteiger partial charge in [-0.1, -0.05) is 41.7 Å². The number of carbonyl (C=O) groups excluding carboxylic acids is 2. The molecule has 0 fully saturated rings. The fraction of sp³-hybridized carbons (Fsp3) is 0.194. The largest absolute Gasteiger partial charge is 0.748 e. The van der Waals surface area contributed by atoms with Crippen LogP contribution in [0.2, 0.25) is 0 Å². The molecule has 9 nitrogen and oxygen atoms in total. The quantitative estimate of drug-likeness (QED) is 0.141. The van der Waals surface area contributed by atoms with Crippen LogP contribution in [-0.2, 0) is 21.5 Å². The fourth-order valence-electron chi connectivity index (χ4n) is 4.76. The summed E-state index contributed by atoms with van der Waals surface area (Å²) in [6.07, 6.45) is 3.64. The second kappa shape index (κ2) is 12.5. The topological polar surface area (TPSA) is 131 Å². The minimum Gasteiger partial charge on any atom is -0.748 e. The Bertz CT molecular complexity index is 1880. The van der Waals surface area contributed by atoms with Crippen LogP contribution in [0.3, 0.4) is 0 Å². The Balaban J connectivity index is 1.50. The van der Waals surface area contributed by atoms with Crippen LogP contribution in [0.25, 0.3) is 16.3 Å². The first-order chi connectivity index (χ1) is 20.5. The van der Waals surface area contributed by atoms with Crippen LogP contribution in [-0.4, -0.2) is 37.0 Å². The van der Waals surface area contributed by atoms with Crippen molar-refractivity contribution in [3.8, 4) is 5.75 Å². The van der Waals surface area contributed by atoms with Gasteiger partial charge in [0, 0.05) is 48.3 Å². The van der Waals surface area contributed by atoms with E-state index in [1.54, 1.807) is 67.6 Å². The van der Waals surface area contributed by atoms with E-state index in [0.717, 1.165) is 9.71 Å². The van der Waals surface area contributed by atoms with Gasteiger partial charge in [-0.15, -0.1) is 0 Å². The summed E-state index contributed by atoms with van der Waals surface area (Å²) in [5.41, 5.74) is 2.60. The first kappa shape index (κ1) is 30.1. The predicted molar refractivity (Wildman–Crippen MR) is 157 cm³/mol. The van der Waals surface area contributed by atoms with E-state index in [1.807, 2.05) is 10.6 Å². The number of ketones is 1. The number of fused-ring (bicyclic) bond motifs is 2. The van der Waals surface area contributed by atoms with Crippen LogP contribution in [0.5, 0.6) is 5.75 Å². The number of anilines is 1. The number of hydrogen-bond acceptors (Lipinski definition) is 9. The molecule has 5 rings (SSSR count). The Labute approximate surface area is 251 Å². The third kappa shape index (κ3) is 7.16. The van der Waals surface area contributed by atoms with Gasteiger partial charge in [-0.3, -0.25) is 4.79 Å². The van der Waals surface area contributed by atoms with Crippen molar-refractivity contribution in [3.63, 3.8) is 0 Å². The SMILES string of the molecule is CC(=Cc1sc2ccc(F)cc2[n+]1CCCC(=O)[O-])C=C1Oc2ccc(C(=O)c3ccccc3)cc2N1CCS(=O)(=O)[O-]. The van der Waals surface area contributed by atoms with Crippen LogP contribution in [0.4, 0.5) is 10.1 Å². The van der Waals surface area contributed by atoms with Crippen molar-refractivity contribution in [1.29, 1.82) is 0 Å². The number of aromatic nitrogens is 1. The minimum absolute atomic E-state index is 0.149. The maximum atomic E-state index is 14.1. The van der Waals surface area contributed by atoms with Crippen molar-refractivity contribution in [2.75, 3.05) is 17.2 Å². The second-order valence-electron chi connectivity index (χ2n) is 9.94. The lowest BCUT2D eigenvalue weighted by molar-refractivity contribution is -0.669. The van der Waals surface area contributed by atoms with E-state index in [4.69, 9.17) is 4.74 Å². The molecule has 0 unspecified atom stereocenters. The van der Waals surface area contributed by atoms with Gasteiger partial charge in [0.25, 0.3) is 5.01 Å². The molecule has 0 N–H and O–H groups in total. The molecule has 0 atom stereocenters. The zero-order chi connectivity index (χ0) is 30.7. The molecular weight excluding hydrogens is 595 g/mol. The Morgan fingerprint density at radius 2 is 1.84 bits per heavy atom. The molecule has 0 spiro atoms.